The number of aromatic nitrogens is 1. The van der Waals surface area contributed by atoms with Crippen molar-refractivity contribution in [2.45, 2.75) is 46.0 Å². The molecule has 6 heteroatoms. The normalized spacial score (nSPS) is 14.2. The number of hydrogen-bond acceptors (Lipinski definition) is 3. The highest BCUT2D eigenvalue weighted by molar-refractivity contribution is 7.80. The molecule has 0 bridgehead atoms. The van der Waals surface area contributed by atoms with Gasteiger partial charge in [0.25, 0.3) is 0 Å². The number of benzene rings is 2. The number of nitrogens with two attached hydrogens (primary N) is 1. The van der Waals surface area contributed by atoms with Crippen LogP contribution in [0.15, 0.2) is 54.7 Å². The largest absolute Gasteiger partial charge is 0.494 e. The van der Waals surface area contributed by atoms with Crippen LogP contribution in [-0.4, -0.2) is 40.8 Å². The predicted molar refractivity (Wildman–Crippen MR) is 148 cm³/mol. The predicted octanol–water partition coefficient (Wildman–Crippen LogP) is 6.35. The van der Waals surface area contributed by atoms with E-state index in [2.05, 4.69) is 58.2 Å². The number of fused-ring (bicyclic) bond motifs is 1. The molecule has 0 saturated carbocycles. The van der Waals surface area contributed by atoms with Crippen molar-refractivity contribution < 1.29 is 4.74 Å². The lowest BCUT2D eigenvalue weighted by molar-refractivity contribution is 0.294. The summed E-state index contributed by atoms with van der Waals surface area (Å²) in [6, 6.07) is 14.6. The lowest BCUT2D eigenvalue weighted by Gasteiger charge is -2.26. The number of rotatable bonds is 10. The summed E-state index contributed by atoms with van der Waals surface area (Å²) in [4.78, 5) is 2.57. The SMILES string of the molecule is CCCCCCN1CC=C(c2cn(-c3cccc(OCC)c3)c3ccc(NC(N)=S)cc23)CC1. The average Bonchev–Trinajstić information content (AvgIpc) is 3.21. The van der Waals surface area contributed by atoms with Gasteiger partial charge in [0.15, 0.2) is 5.11 Å². The Morgan fingerprint density at radius 1 is 1.12 bits per heavy atom. The maximum atomic E-state index is 5.76. The van der Waals surface area contributed by atoms with Gasteiger partial charge in [-0.2, -0.15) is 0 Å². The molecule has 1 aliphatic heterocycles. The molecular formula is C28H36N4OS. The maximum Gasteiger partial charge on any atom is 0.168 e. The summed E-state index contributed by atoms with van der Waals surface area (Å²) in [6.45, 7) is 8.24. The van der Waals surface area contributed by atoms with Crippen molar-refractivity contribution in [3.63, 3.8) is 0 Å². The fourth-order valence-corrected chi connectivity index (χ4v) is 4.85. The van der Waals surface area contributed by atoms with Gasteiger partial charge in [0.2, 0.25) is 0 Å². The van der Waals surface area contributed by atoms with Gasteiger partial charge in [-0.1, -0.05) is 38.3 Å². The van der Waals surface area contributed by atoms with E-state index < -0.39 is 0 Å². The van der Waals surface area contributed by atoms with E-state index in [1.54, 1.807) is 0 Å². The molecule has 0 amide bonds. The van der Waals surface area contributed by atoms with Gasteiger partial charge in [-0.3, -0.25) is 4.90 Å². The molecule has 2 heterocycles. The van der Waals surface area contributed by atoms with Gasteiger partial charge in [0.1, 0.15) is 5.75 Å². The monoisotopic (exact) mass is 476 g/mol. The topological polar surface area (TPSA) is 55.5 Å². The third-order valence-electron chi connectivity index (χ3n) is 6.45. The molecule has 34 heavy (non-hydrogen) atoms. The van der Waals surface area contributed by atoms with Crippen LogP contribution >= 0.6 is 12.2 Å². The van der Waals surface area contributed by atoms with Gasteiger partial charge in [0.05, 0.1) is 12.1 Å². The number of nitrogens with zero attached hydrogens (tertiary/aromatic N) is 2. The molecule has 0 spiro atoms. The molecule has 0 saturated heterocycles. The van der Waals surface area contributed by atoms with Crippen LogP contribution in [0.2, 0.25) is 0 Å². The minimum Gasteiger partial charge on any atom is -0.494 e. The van der Waals surface area contributed by atoms with E-state index in [4.69, 9.17) is 22.7 Å². The van der Waals surface area contributed by atoms with Crippen molar-refractivity contribution in [3.05, 3.63) is 60.3 Å². The molecule has 1 aliphatic rings. The Morgan fingerprint density at radius 3 is 2.74 bits per heavy atom. The molecular weight excluding hydrogens is 440 g/mol. The van der Waals surface area contributed by atoms with Crippen molar-refractivity contribution >= 4 is 39.5 Å². The summed E-state index contributed by atoms with van der Waals surface area (Å²) in [5.41, 5.74) is 11.6. The van der Waals surface area contributed by atoms with Crippen molar-refractivity contribution in [2.75, 3.05) is 31.6 Å². The molecule has 180 valence electrons. The third-order valence-corrected chi connectivity index (χ3v) is 6.55. The second kappa shape index (κ2) is 11.5. The standard InChI is InChI=1S/C28H36N4OS/c1-3-5-6-7-15-31-16-13-21(14-17-31)26-20-32(23-9-8-10-24(19-23)33-4-2)27-12-11-22(18-25(26)27)30-28(29)34/h8-13,18-20H,3-7,14-17H2,1-2H3,(H3,29,30,34). The third kappa shape index (κ3) is 5.80. The molecule has 1 aromatic heterocycles. The van der Waals surface area contributed by atoms with Gasteiger partial charge < -0.3 is 20.4 Å². The number of anilines is 1. The van der Waals surface area contributed by atoms with Crippen molar-refractivity contribution in [2.24, 2.45) is 5.73 Å². The zero-order chi connectivity index (χ0) is 23.9. The summed E-state index contributed by atoms with van der Waals surface area (Å²) in [5, 5.41) is 4.57. The second-order valence-corrected chi connectivity index (χ2v) is 9.34. The molecule has 3 N–H and O–H groups in total. The highest BCUT2D eigenvalue weighted by Crippen LogP contribution is 2.35. The van der Waals surface area contributed by atoms with Gasteiger partial charge in [-0.05, 0) is 74.4 Å². The first-order chi connectivity index (χ1) is 16.6. The van der Waals surface area contributed by atoms with Gasteiger partial charge in [-0.15, -0.1) is 0 Å². The van der Waals surface area contributed by atoms with E-state index in [9.17, 15) is 0 Å². The minimum atomic E-state index is 0.278. The first-order valence-electron chi connectivity index (χ1n) is 12.5. The van der Waals surface area contributed by atoms with Crippen molar-refractivity contribution in [1.82, 2.24) is 9.47 Å². The highest BCUT2D eigenvalue weighted by Gasteiger charge is 2.18. The van der Waals surface area contributed by atoms with Crippen LogP contribution in [0, 0.1) is 0 Å². The number of hydrogen-bond donors (Lipinski definition) is 2. The molecule has 3 aromatic rings. The maximum absolute atomic E-state index is 5.76. The lowest BCUT2D eigenvalue weighted by Crippen LogP contribution is -2.29. The molecule has 0 atom stereocenters. The van der Waals surface area contributed by atoms with Gasteiger partial charge >= 0.3 is 0 Å². The first kappa shape index (κ1) is 24.3. The molecule has 0 fully saturated rings. The van der Waals surface area contributed by atoms with Gasteiger partial charge in [0, 0.05) is 47.7 Å². The Bertz CT molecular complexity index is 1170. The van der Waals surface area contributed by atoms with Crippen LogP contribution in [0.4, 0.5) is 5.69 Å². The van der Waals surface area contributed by atoms with E-state index >= 15 is 0 Å². The Labute approximate surface area is 208 Å². The Morgan fingerprint density at radius 2 is 2.00 bits per heavy atom. The quantitative estimate of drug-likeness (QED) is 0.264. The van der Waals surface area contributed by atoms with Crippen LogP contribution in [0.25, 0.3) is 22.2 Å². The van der Waals surface area contributed by atoms with E-state index in [1.165, 1.54) is 48.8 Å². The Kier molecular flexibility index (Phi) is 8.25. The molecule has 0 radical (unpaired) electrons. The fourth-order valence-electron chi connectivity index (χ4n) is 4.73. The zero-order valence-corrected chi connectivity index (χ0v) is 21.2. The summed E-state index contributed by atoms with van der Waals surface area (Å²) in [5.74, 6) is 0.880. The highest BCUT2D eigenvalue weighted by atomic mass is 32.1. The molecule has 0 aliphatic carbocycles. The fraction of sp³-hybridized carbons (Fsp3) is 0.393. The first-order valence-corrected chi connectivity index (χ1v) is 12.9. The smallest absolute Gasteiger partial charge is 0.168 e. The van der Waals surface area contributed by atoms with E-state index in [0.29, 0.717) is 6.61 Å². The summed E-state index contributed by atoms with van der Waals surface area (Å²) >= 11 is 5.07. The minimum absolute atomic E-state index is 0.278. The Balaban J connectivity index is 1.67. The number of unbranched alkanes of at least 4 members (excludes halogenated alkanes) is 3. The molecule has 0 unspecified atom stereocenters. The van der Waals surface area contributed by atoms with E-state index in [0.717, 1.165) is 42.2 Å². The van der Waals surface area contributed by atoms with Crippen molar-refractivity contribution in [3.8, 4) is 11.4 Å². The van der Waals surface area contributed by atoms with Crippen LogP contribution in [0.3, 0.4) is 0 Å². The molecule has 4 rings (SSSR count). The van der Waals surface area contributed by atoms with Crippen LogP contribution in [0.5, 0.6) is 5.75 Å². The lowest BCUT2D eigenvalue weighted by atomic mass is 9.98. The van der Waals surface area contributed by atoms with Gasteiger partial charge in [-0.25, -0.2) is 0 Å². The summed E-state index contributed by atoms with van der Waals surface area (Å²) in [7, 11) is 0. The van der Waals surface area contributed by atoms with Crippen LogP contribution in [0.1, 0.15) is 51.5 Å². The second-order valence-electron chi connectivity index (χ2n) is 8.90. The van der Waals surface area contributed by atoms with E-state index in [1.807, 2.05) is 25.1 Å². The zero-order valence-electron chi connectivity index (χ0n) is 20.3. The van der Waals surface area contributed by atoms with E-state index in [-0.39, 0.29) is 5.11 Å². The Hall–Kier alpha value is -2.83. The summed E-state index contributed by atoms with van der Waals surface area (Å²) in [6.07, 6.45) is 11.0. The molecule has 5 nitrogen and oxygen atoms in total. The number of nitrogens with one attached hydrogen (secondary N) is 1. The molecule has 2 aromatic carbocycles. The summed E-state index contributed by atoms with van der Waals surface area (Å²) < 4.78 is 8.02. The number of thiocarbonyl (C=S) groups is 1. The van der Waals surface area contributed by atoms with Crippen molar-refractivity contribution in [1.29, 1.82) is 0 Å². The van der Waals surface area contributed by atoms with Crippen LogP contribution in [-0.2, 0) is 0 Å². The number of ether oxygens (including phenoxy) is 1. The average molecular weight is 477 g/mol. The van der Waals surface area contributed by atoms with Crippen LogP contribution < -0.4 is 15.8 Å².